The third kappa shape index (κ3) is 229. The quantitative estimate of drug-likeness (QED) is 0.217. The molecule has 1 radical (unpaired) electrons. The van der Waals surface area contributed by atoms with E-state index in [2.05, 4.69) is 55.0 Å². The summed E-state index contributed by atoms with van der Waals surface area (Å²) in [7, 11) is 0. The van der Waals surface area contributed by atoms with Gasteiger partial charge in [0.2, 0.25) is 0 Å². The minimum absolute atomic E-state index is 0. The predicted octanol–water partition coefficient (Wildman–Crippen LogP) is -3.99. The number of allylic oxidation sites excluding steroid dienone is 1. The van der Waals surface area contributed by atoms with Gasteiger partial charge >= 0.3 is 175 Å². The summed E-state index contributed by atoms with van der Waals surface area (Å²) in [5, 5.41) is 0. The normalized spacial score (nSPS) is 5.72. The first-order valence-corrected chi connectivity index (χ1v) is 5.32. The van der Waals surface area contributed by atoms with Crippen molar-refractivity contribution in [3.05, 3.63) is 33.4 Å². The molecule has 0 bridgehead atoms. The molecule has 0 aromatic carbocycles. The molecule has 18 heavy (non-hydrogen) atoms. The summed E-state index contributed by atoms with van der Waals surface area (Å²) in [6, 6.07) is 0. The summed E-state index contributed by atoms with van der Waals surface area (Å²) in [5.41, 5.74) is 0. The standard InChI is InChI=1S/2C4H9.C3H7.C3H6.4Rb/c2*1-4(2)3;2*1-3-2;;;;/h2*4H,1H2,2-3H3;1,3H2,2H3;3H,1H2,2H3;;;;/q3*-1;;;3*+1. The fourth-order valence-electron chi connectivity index (χ4n) is 0. The van der Waals surface area contributed by atoms with Crippen LogP contribution in [-0.2, 0) is 0 Å². The molecule has 0 aromatic heterocycles. The molecule has 0 aromatic rings. The Balaban J connectivity index is -0.0000000116. The van der Waals surface area contributed by atoms with Crippen LogP contribution in [0.15, 0.2) is 12.7 Å². The van der Waals surface area contributed by atoms with Crippen molar-refractivity contribution in [3.63, 3.8) is 0 Å². The molecule has 91 valence electrons. The van der Waals surface area contributed by atoms with Gasteiger partial charge in [-0.1, -0.05) is 40.7 Å². The molecule has 0 aliphatic heterocycles. The monoisotopic (exact) mass is 539 g/mol. The van der Waals surface area contributed by atoms with Gasteiger partial charge in [0.05, 0.1) is 0 Å². The number of rotatable bonds is 0. The second-order valence-electron chi connectivity index (χ2n) is 3.70. The maximum atomic E-state index is 3.64. The van der Waals surface area contributed by atoms with Crippen LogP contribution in [-0.4, -0.2) is 58.2 Å². The molecular formula is C14H31Rb4. The van der Waals surface area contributed by atoms with Crippen molar-refractivity contribution in [3.8, 4) is 0 Å². The van der Waals surface area contributed by atoms with Gasteiger partial charge in [0.1, 0.15) is 0 Å². The van der Waals surface area contributed by atoms with Crippen molar-refractivity contribution in [1.29, 1.82) is 0 Å². The van der Waals surface area contributed by atoms with Crippen LogP contribution in [0.25, 0.3) is 0 Å². The van der Waals surface area contributed by atoms with Gasteiger partial charge in [-0.3, -0.25) is 0 Å². The van der Waals surface area contributed by atoms with Gasteiger partial charge in [-0.2, -0.15) is 18.3 Å². The van der Waals surface area contributed by atoms with Crippen LogP contribution in [0.4, 0.5) is 0 Å². The SMILES string of the molecule is C=CC.[CH2-]C(C)C.[CH2-]C(C)C.[CH2-]CC.[Rb+].[Rb+].[Rb+].[Rb]. The smallest absolute Gasteiger partial charge is 0.344 e. The van der Waals surface area contributed by atoms with Crippen LogP contribution in [0.2, 0.25) is 0 Å². The van der Waals surface area contributed by atoms with Gasteiger partial charge in [-0.15, -0.1) is 6.58 Å². The third-order valence-corrected chi connectivity index (χ3v) is 0. The summed E-state index contributed by atoms with van der Waals surface area (Å²) >= 11 is 0. The van der Waals surface area contributed by atoms with Gasteiger partial charge < -0.3 is 20.8 Å². The second kappa shape index (κ2) is 56.4. The third-order valence-electron chi connectivity index (χ3n) is 0. The topological polar surface area (TPSA) is 0 Å². The molecule has 4 heteroatoms. The zero-order chi connectivity index (χ0) is 12.6. The predicted molar refractivity (Wildman–Crippen MR) is 77.7 cm³/mol. The van der Waals surface area contributed by atoms with E-state index in [0.717, 1.165) is 6.42 Å². The van der Waals surface area contributed by atoms with Gasteiger partial charge in [0.25, 0.3) is 0 Å². The Morgan fingerprint density at radius 2 is 0.944 bits per heavy atom. The average molecular weight is 541 g/mol. The van der Waals surface area contributed by atoms with Crippen LogP contribution < -0.4 is 175 Å². The van der Waals surface area contributed by atoms with E-state index in [1.165, 1.54) is 0 Å². The first-order chi connectivity index (χ1) is 6.29. The molecule has 0 aliphatic rings. The van der Waals surface area contributed by atoms with E-state index in [9.17, 15) is 0 Å². The molecule has 0 rings (SSSR count). The van der Waals surface area contributed by atoms with Crippen molar-refractivity contribution in [1.82, 2.24) is 0 Å². The molecule has 0 N–H and O–H groups in total. The molecule has 0 unspecified atom stereocenters. The first kappa shape index (κ1) is 49.8. The van der Waals surface area contributed by atoms with Crippen molar-refractivity contribution in [2.24, 2.45) is 11.8 Å². The molecule has 0 atom stereocenters. The van der Waals surface area contributed by atoms with E-state index >= 15 is 0 Å². The summed E-state index contributed by atoms with van der Waals surface area (Å²) in [6.45, 7) is 26.2. The Hall–Kier alpha value is 6.96. The Morgan fingerprint density at radius 1 is 0.944 bits per heavy atom. The summed E-state index contributed by atoms with van der Waals surface area (Å²) < 4.78 is 0. The molecule has 0 heterocycles. The molecule has 0 nitrogen and oxygen atoms in total. The van der Waals surface area contributed by atoms with Crippen molar-refractivity contribution in [2.45, 2.75) is 48.0 Å². The first-order valence-electron chi connectivity index (χ1n) is 5.32. The van der Waals surface area contributed by atoms with Crippen molar-refractivity contribution >= 4 is 58.2 Å². The van der Waals surface area contributed by atoms with Crippen molar-refractivity contribution in [2.75, 3.05) is 0 Å². The Kier molecular flexibility index (Phi) is 156. The van der Waals surface area contributed by atoms with E-state index in [0.29, 0.717) is 11.8 Å². The van der Waals surface area contributed by atoms with E-state index in [1.54, 1.807) is 6.08 Å². The molecule has 0 aliphatic carbocycles. The van der Waals surface area contributed by atoms with Gasteiger partial charge in [-0.05, 0) is 6.92 Å². The van der Waals surface area contributed by atoms with Gasteiger partial charge in [-0.25, -0.2) is 0 Å². The van der Waals surface area contributed by atoms with Crippen LogP contribution in [0.1, 0.15) is 48.0 Å². The molecule has 0 spiro atoms. The molecule has 0 saturated heterocycles. The number of hydrogen-bond donors (Lipinski definition) is 0. The largest absolute Gasteiger partial charge is 1.00 e. The van der Waals surface area contributed by atoms with Crippen LogP contribution >= 0.6 is 0 Å². The zero-order valence-electron chi connectivity index (χ0n) is 15.3. The molecule has 0 amide bonds. The van der Waals surface area contributed by atoms with E-state index in [4.69, 9.17) is 0 Å². The fraction of sp³-hybridized carbons (Fsp3) is 0.643. The van der Waals surface area contributed by atoms with Crippen LogP contribution in [0, 0.1) is 32.6 Å². The van der Waals surface area contributed by atoms with Crippen LogP contribution in [0.5, 0.6) is 0 Å². The fourth-order valence-corrected chi connectivity index (χ4v) is 0. The van der Waals surface area contributed by atoms with Gasteiger partial charge in [0.15, 0.2) is 0 Å². The second-order valence-corrected chi connectivity index (χ2v) is 3.70. The Bertz CT molecular complexity index is 62.7. The van der Waals surface area contributed by atoms with E-state index in [-0.39, 0.29) is 233 Å². The Labute approximate surface area is 315 Å². The Morgan fingerprint density at radius 3 is 0.944 bits per heavy atom. The molecular weight excluding hydrogens is 510 g/mol. The van der Waals surface area contributed by atoms with E-state index < -0.39 is 0 Å². The number of hydrogen-bond acceptors (Lipinski definition) is 0. The maximum absolute atomic E-state index is 3.64. The maximum Gasteiger partial charge on any atom is 1.00 e. The summed E-state index contributed by atoms with van der Waals surface area (Å²) in [4.78, 5) is 0. The van der Waals surface area contributed by atoms with E-state index in [1.807, 2.05) is 13.8 Å². The van der Waals surface area contributed by atoms with Gasteiger partial charge in [0, 0.05) is 58.2 Å². The van der Waals surface area contributed by atoms with Crippen molar-refractivity contribution < 1.29 is 175 Å². The summed E-state index contributed by atoms with van der Waals surface area (Å²) in [6.07, 6.45) is 2.75. The minimum atomic E-state index is 0. The molecule has 0 saturated carbocycles. The summed E-state index contributed by atoms with van der Waals surface area (Å²) in [5.74, 6) is 1.17. The minimum Gasteiger partial charge on any atom is -0.344 e. The zero-order valence-corrected chi connectivity index (χ0v) is 34.9. The average Bonchev–Trinajstić information content (AvgIpc) is 1.85. The van der Waals surface area contributed by atoms with Crippen LogP contribution in [0.3, 0.4) is 0 Å². The molecule has 0 fully saturated rings.